The molecule has 26 heavy (non-hydrogen) atoms. The molecule has 5 nitrogen and oxygen atoms in total. The number of rotatable bonds is 2. The molecule has 0 saturated carbocycles. The van der Waals surface area contributed by atoms with Crippen LogP contribution < -0.4 is 0 Å². The fourth-order valence-corrected chi connectivity index (χ4v) is 3.74. The van der Waals surface area contributed by atoms with Gasteiger partial charge in [0.2, 0.25) is 11.8 Å². The molecule has 0 radical (unpaired) electrons. The molecule has 0 aliphatic carbocycles. The third kappa shape index (κ3) is 3.70. The van der Waals surface area contributed by atoms with Gasteiger partial charge in [-0.2, -0.15) is 13.2 Å². The lowest BCUT2D eigenvalue weighted by molar-refractivity contribution is -0.137. The standard InChI is InChI=1S/C18H22F3N3O2/c1-22-11-16(25)23(2)15-10-24(8-7-14(15)17(22)26)9-12-3-5-13(6-4-12)18(19,20)21/h3-6,14-15H,7-11H2,1-2H3. The van der Waals surface area contributed by atoms with Crippen LogP contribution in [0.3, 0.4) is 0 Å². The fourth-order valence-electron chi connectivity index (χ4n) is 3.74. The molecule has 2 amide bonds. The van der Waals surface area contributed by atoms with Gasteiger partial charge in [-0.15, -0.1) is 0 Å². The van der Waals surface area contributed by atoms with E-state index in [1.165, 1.54) is 17.0 Å². The molecule has 2 heterocycles. The van der Waals surface area contributed by atoms with Gasteiger partial charge in [0.1, 0.15) is 0 Å². The van der Waals surface area contributed by atoms with Crippen molar-refractivity contribution in [2.75, 3.05) is 33.7 Å². The summed E-state index contributed by atoms with van der Waals surface area (Å²) in [4.78, 5) is 29.9. The molecule has 0 spiro atoms. The van der Waals surface area contributed by atoms with Crippen LogP contribution in [-0.4, -0.2) is 66.3 Å². The summed E-state index contributed by atoms with van der Waals surface area (Å²) in [5.74, 6) is -0.327. The van der Waals surface area contributed by atoms with Gasteiger partial charge >= 0.3 is 6.18 Å². The smallest absolute Gasteiger partial charge is 0.339 e. The number of halogens is 3. The lowest BCUT2D eigenvalue weighted by Crippen LogP contribution is -2.53. The van der Waals surface area contributed by atoms with Crippen LogP contribution in [0.25, 0.3) is 0 Å². The number of likely N-dealkylation sites (tertiary alicyclic amines) is 1. The van der Waals surface area contributed by atoms with E-state index < -0.39 is 11.7 Å². The predicted molar refractivity (Wildman–Crippen MR) is 89.0 cm³/mol. The first-order chi connectivity index (χ1) is 12.2. The van der Waals surface area contributed by atoms with Gasteiger partial charge in [0, 0.05) is 27.2 Å². The molecule has 2 unspecified atom stereocenters. The number of likely N-dealkylation sites (N-methyl/N-ethyl adjacent to an activating group) is 2. The highest BCUT2D eigenvalue weighted by atomic mass is 19.4. The lowest BCUT2D eigenvalue weighted by Gasteiger charge is -2.40. The second kappa shape index (κ2) is 6.90. The number of piperidine rings is 1. The monoisotopic (exact) mass is 369 g/mol. The molecule has 2 aliphatic heterocycles. The Hall–Kier alpha value is -2.09. The van der Waals surface area contributed by atoms with Crippen LogP contribution in [0.1, 0.15) is 17.5 Å². The predicted octanol–water partition coefficient (Wildman–Crippen LogP) is 1.83. The summed E-state index contributed by atoms with van der Waals surface area (Å²) in [5, 5.41) is 0. The first-order valence-electron chi connectivity index (χ1n) is 8.56. The molecule has 1 aromatic carbocycles. The van der Waals surface area contributed by atoms with Gasteiger partial charge in [0.25, 0.3) is 0 Å². The summed E-state index contributed by atoms with van der Waals surface area (Å²) in [5.41, 5.74) is 0.116. The van der Waals surface area contributed by atoms with Gasteiger partial charge < -0.3 is 9.80 Å². The van der Waals surface area contributed by atoms with Crippen LogP contribution in [0, 0.1) is 5.92 Å². The zero-order valence-electron chi connectivity index (χ0n) is 14.8. The van der Waals surface area contributed by atoms with Crippen LogP contribution in [0.15, 0.2) is 24.3 Å². The van der Waals surface area contributed by atoms with Crippen molar-refractivity contribution in [2.45, 2.75) is 25.2 Å². The number of fused-ring (bicyclic) bond motifs is 1. The third-order valence-corrected chi connectivity index (χ3v) is 5.31. The Balaban J connectivity index is 1.70. The first kappa shape index (κ1) is 18.7. The summed E-state index contributed by atoms with van der Waals surface area (Å²) in [6, 6.07) is 4.93. The van der Waals surface area contributed by atoms with Crippen LogP contribution in [-0.2, 0) is 22.3 Å². The van der Waals surface area contributed by atoms with E-state index in [4.69, 9.17) is 0 Å². The second-order valence-corrected chi connectivity index (χ2v) is 7.09. The number of amides is 2. The number of benzene rings is 1. The summed E-state index contributed by atoms with van der Waals surface area (Å²) in [6.07, 6.45) is -3.71. The number of nitrogens with zero attached hydrogens (tertiary/aromatic N) is 3. The van der Waals surface area contributed by atoms with Crippen LogP contribution in [0.5, 0.6) is 0 Å². The van der Waals surface area contributed by atoms with Crippen molar-refractivity contribution in [1.82, 2.24) is 14.7 Å². The Bertz CT molecular complexity index is 690. The van der Waals surface area contributed by atoms with Gasteiger partial charge in [-0.05, 0) is 30.7 Å². The zero-order chi connectivity index (χ0) is 19.1. The molecule has 2 atom stereocenters. The van der Waals surface area contributed by atoms with E-state index in [0.29, 0.717) is 26.1 Å². The average molecular weight is 369 g/mol. The highest BCUT2D eigenvalue weighted by Gasteiger charge is 2.42. The van der Waals surface area contributed by atoms with Crippen molar-refractivity contribution in [3.63, 3.8) is 0 Å². The van der Waals surface area contributed by atoms with Crippen LogP contribution >= 0.6 is 0 Å². The summed E-state index contributed by atoms with van der Waals surface area (Å²) >= 11 is 0. The Kier molecular flexibility index (Phi) is 4.96. The molecule has 2 aliphatic rings. The number of hydrogen-bond donors (Lipinski definition) is 0. The van der Waals surface area contributed by atoms with E-state index >= 15 is 0 Å². The highest BCUT2D eigenvalue weighted by Crippen LogP contribution is 2.30. The largest absolute Gasteiger partial charge is 0.416 e. The third-order valence-electron chi connectivity index (χ3n) is 5.31. The average Bonchev–Trinajstić information content (AvgIpc) is 2.66. The van der Waals surface area contributed by atoms with Crippen molar-refractivity contribution < 1.29 is 22.8 Å². The number of carbonyl (C=O) groups excluding carboxylic acids is 2. The van der Waals surface area contributed by atoms with Gasteiger partial charge in [0.05, 0.1) is 24.1 Å². The lowest BCUT2D eigenvalue weighted by atomic mass is 9.89. The fraction of sp³-hybridized carbons (Fsp3) is 0.556. The summed E-state index contributed by atoms with van der Waals surface area (Å²) < 4.78 is 38.0. The van der Waals surface area contributed by atoms with Crippen molar-refractivity contribution in [1.29, 1.82) is 0 Å². The maximum absolute atomic E-state index is 12.7. The molecule has 8 heteroatoms. The van der Waals surface area contributed by atoms with E-state index in [1.807, 2.05) is 0 Å². The maximum Gasteiger partial charge on any atom is 0.416 e. The van der Waals surface area contributed by atoms with Crippen LogP contribution in [0.2, 0.25) is 0 Å². The SMILES string of the molecule is CN1CC(=O)N(C)C2CN(Cc3ccc(C(F)(F)F)cc3)CCC2C1=O. The van der Waals surface area contributed by atoms with E-state index in [1.54, 1.807) is 19.0 Å². The van der Waals surface area contributed by atoms with Gasteiger partial charge in [-0.3, -0.25) is 14.5 Å². The van der Waals surface area contributed by atoms with Gasteiger partial charge in [-0.25, -0.2) is 0 Å². The van der Waals surface area contributed by atoms with Crippen molar-refractivity contribution >= 4 is 11.8 Å². The summed E-state index contributed by atoms with van der Waals surface area (Å²) in [7, 11) is 3.36. The minimum absolute atomic E-state index is 0.0121. The molecule has 142 valence electrons. The minimum atomic E-state index is -4.34. The molecule has 2 fully saturated rings. The molecular formula is C18H22F3N3O2. The molecule has 0 aromatic heterocycles. The van der Waals surface area contributed by atoms with Gasteiger partial charge in [-0.1, -0.05) is 12.1 Å². The molecule has 1 aromatic rings. The second-order valence-electron chi connectivity index (χ2n) is 7.09. The molecular weight excluding hydrogens is 347 g/mol. The number of alkyl halides is 3. The quantitative estimate of drug-likeness (QED) is 0.799. The Labute approximate surface area is 150 Å². The molecule has 2 saturated heterocycles. The minimum Gasteiger partial charge on any atom is -0.339 e. The first-order valence-corrected chi connectivity index (χ1v) is 8.56. The molecule has 3 rings (SSSR count). The zero-order valence-corrected chi connectivity index (χ0v) is 14.8. The Morgan fingerprint density at radius 3 is 2.38 bits per heavy atom. The van der Waals surface area contributed by atoms with Crippen molar-refractivity contribution in [3.05, 3.63) is 35.4 Å². The number of hydrogen-bond acceptors (Lipinski definition) is 3. The van der Waals surface area contributed by atoms with Gasteiger partial charge in [0.15, 0.2) is 0 Å². The Morgan fingerprint density at radius 2 is 1.77 bits per heavy atom. The van der Waals surface area contributed by atoms with Crippen molar-refractivity contribution in [2.24, 2.45) is 5.92 Å². The van der Waals surface area contributed by atoms with E-state index in [2.05, 4.69) is 4.90 Å². The van der Waals surface area contributed by atoms with E-state index in [-0.39, 0.29) is 30.3 Å². The van der Waals surface area contributed by atoms with Crippen molar-refractivity contribution in [3.8, 4) is 0 Å². The Morgan fingerprint density at radius 1 is 1.12 bits per heavy atom. The highest BCUT2D eigenvalue weighted by molar-refractivity contribution is 5.89. The van der Waals surface area contributed by atoms with Crippen LogP contribution in [0.4, 0.5) is 13.2 Å². The normalized spacial score (nSPS) is 25.3. The number of carbonyl (C=O) groups is 2. The topological polar surface area (TPSA) is 43.9 Å². The molecule has 0 bridgehead atoms. The molecule has 0 N–H and O–H groups in total. The van der Waals surface area contributed by atoms with E-state index in [0.717, 1.165) is 17.7 Å². The summed E-state index contributed by atoms with van der Waals surface area (Å²) in [6.45, 7) is 1.78. The van der Waals surface area contributed by atoms with E-state index in [9.17, 15) is 22.8 Å². The maximum atomic E-state index is 12.7.